The van der Waals surface area contributed by atoms with Gasteiger partial charge in [0.25, 0.3) is 0 Å². The minimum atomic E-state index is 0. The first-order chi connectivity index (χ1) is 1.91. The minimum absolute atomic E-state index is 0. The van der Waals surface area contributed by atoms with Crippen LogP contribution in [0.1, 0.15) is 0 Å². The first-order valence-electron chi connectivity index (χ1n) is 1.32. The molecule has 0 unspecified atom stereocenters. The Hall–Kier alpha value is 0.582. The van der Waals surface area contributed by atoms with E-state index in [4.69, 9.17) is 11.5 Å². The SMILES string of the molecule is NCCN.[Pd+2]. The van der Waals surface area contributed by atoms with E-state index in [1.165, 1.54) is 0 Å². The Labute approximate surface area is 45.6 Å². The van der Waals surface area contributed by atoms with Crippen LogP contribution >= 0.6 is 0 Å². The summed E-state index contributed by atoms with van der Waals surface area (Å²) in [5.74, 6) is 0. The van der Waals surface area contributed by atoms with Gasteiger partial charge in [-0.2, -0.15) is 0 Å². The fourth-order valence-corrected chi connectivity index (χ4v) is 0. The van der Waals surface area contributed by atoms with E-state index >= 15 is 0 Å². The molecule has 3 heteroatoms. The number of hydrogen-bond acceptors (Lipinski definition) is 2. The number of rotatable bonds is 1. The molecule has 5 heavy (non-hydrogen) atoms. The second-order valence-corrected chi connectivity index (χ2v) is 0.577. The Morgan fingerprint density at radius 1 is 1.00 bits per heavy atom. The van der Waals surface area contributed by atoms with Crippen molar-refractivity contribution in [3.63, 3.8) is 0 Å². The normalized spacial score (nSPS) is 6.00. The molecule has 0 aliphatic carbocycles. The predicted octanol–water partition coefficient (Wildman–Crippen LogP) is -1.10. The van der Waals surface area contributed by atoms with E-state index in [2.05, 4.69) is 0 Å². The third-order valence-corrected chi connectivity index (χ3v) is 0.167. The van der Waals surface area contributed by atoms with Gasteiger partial charge in [-0.25, -0.2) is 0 Å². The second kappa shape index (κ2) is 8.82. The Balaban J connectivity index is 0. The molecule has 0 saturated carbocycles. The summed E-state index contributed by atoms with van der Waals surface area (Å²) in [5, 5.41) is 0. The van der Waals surface area contributed by atoms with E-state index in [1.807, 2.05) is 0 Å². The van der Waals surface area contributed by atoms with Crippen LogP contribution in [0.3, 0.4) is 0 Å². The van der Waals surface area contributed by atoms with Crippen LogP contribution in [0.2, 0.25) is 0 Å². The molecule has 0 aromatic carbocycles. The van der Waals surface area contributed by atoms with Crippen molar-refractivity contribution in [3.8, 4) is 0 Å². The summed E-state index contributed by atoms with van der Waals surface area (Å²) in [5.41, 5.74) is 9.81. The molecule has 0 radical (unpaired) electrons. The quantitative estimate of drug-likeness (QED) is 0.486. The minimum Gasteiger partial charge on any atom is -0.329 e. The van der Waals surface area contributed by atoms with Crippen LogP contribution in [0.25, 0.3) is 0 Å². The second-order valence-electron chi connectivity index (χ2n) is 0.577. The molecule has 34 valence electrons. The summed E-state index contributed by atoms with van der Waals surface area (Å²) < 4.78 is 0. The molecule has 0 amide bonds. The molecule has 0 aromatic heterocycles. The van der Waals surface area contributed by atoms with Crippen LogP contribution in [0.15, 0.2) is 0 Å². The summed E-state index contributed by atoms with van der Waals surface area (Å²) in [6.07, 6.45) is 0. The Kier molecular flexibility index (Phi) is 16.1. The largest absolute Gasteiger partial charge is 2.00 e. The molecule has 0 bridgehead atoms. The standard InChI is InChI=1S/C2H8N2.Pd/c3-1-2-4;/h1-4H2;/q;+2. The van der Waals surface area contributed by atoms with Gasteiger partial charge in [-0.05, 0) is 0 Å². The van der Waals surface area contributed by atoms with E-state index in [0.717, 1.165) is 0 Å². The van der Waals surface area contributed by atoms with Gasteiger partial charge in [0, 0.05) is 13.1 Å². The third kappa shape index (κ3) is 12.2. The molecule has 0 aliphatic rings. The average Bonchev–Trinajstić information content (AvgIpc) is 1.37. The van der Waals surface area contributed by atoms with Crippen LogP contribution < -0.4 is 11.5 Å². The van der Waals surface area contributed by atoms with Crippen molar-refractivity contribution < 1.29 is 20.4 Å². The molecule has 0 aliphatic heterocycles. The maximum absolute atomic E-state index is 4.90. The molecule has 0 aromatic rings. The fourth-order valence-electron chi connectivity index (χ4n) is 0. The van der Waals surface area contributed by atoms with E-state index in [9.17, 15) is 0 Å². The van der Waals surface area contributed by atoms with Crippen LogP contribution in [0, 0.1) is 0 Å². The van der Waals surface area contributed by atoms with Crippen LogP contribution in [0.4, 0.5) is 0 Å². The van der Waals surface area contributed by atoms with Crippen molar-refractivity contribution in [2.24, 2.45) is 11.5 Å². The van der Waals surface area contributed by atoms with Gasteiger partial charge in [0.1, 0.15) is 0 Å². The summed E-state index contributed by atoms with van der Waals surface area (Å²) in [7, 11) is 0. The molecule has 4 N–H and O–H groups in total. The van der Waals surface area contributed by atoms with Gasteiger partial charge in [-0.1, -0.05) is 0 Å². The summed E-state index contributed by atoms with van der Waals surface area (Å²) in [6, 6.07) is 0. The molecular weight excluding hydrogens is 158 g/mol. The fraction of sp³-hybridized carbons (Fsp3) is 1.00. The maximum atomic E-state index is 4.90. The third-order valence-electron chi connectivity index (χ3n) is 0.167. The number of nitrogens with two attached hydrogens (primary N) is 2. The smallest absolute Gasteiger partial charge is 0.329 e. The van der Waals surface area contributed by atoms with Crippen LogP contribution in [-0.4, -0.2) is 13.1 Å². The zero-order chi connectivity index (χ0) is 3.41. The van der Waals surface area contributed by atoms with Gasteiger partial charge in [-0.3, -0.25) is 0 Å². The van der Waals surface area contributed by atoms with E-state index in [0.29, 0.717) is 13.1 Å². The Morgan fingerprint density at radius 3 is 1.20 bits per heavy atom. The zero-order valence-corrected chi connectivity index (χ0v) is 4.44. The molecule has 2 nitrogen and oxygen atoms in total. The first-order valence-corrected chi connectivity index (χ1v) is 1.32. The topological polar surface area (TPSA) is 52.0 Å². The molecule has 0 saturated heterocycles. The van der Waals surface area contributed by atoms with Crippen LogP contribution in [-0.2, 0) is 20.4 Å². The Bertz CT molecular complexity index is 9.61. The van der Waals surface area contributed by atoms with Gasteiger partial charge >= 0.3 is 20.4 Å². The molecule has 0 fully saturated rings. The van der Waals surface area contributed by atoms with Gasteiger partial charge in [0.2, 0.25) is 0 Å². The summed E-state index contributed by atoms with van der Waals surface area (Å²) in [4.78, 5) is 0. The molecule has 0 atom stereocenters. The van der Waals surface area contributed by atoms with Gasteiger partial charge in [-0.15, -0.1) is 0 Å². The molecule has 0 heterocycles. The van der Waals surface area contributed by atoms with Crippen molar-refractivity contribution in [3.05, 3.63) is 0 Å². The molecule has 0 spiro atoms. The van der Waals surface area contributed by atoms with Crippen LogP contribution in [0.5, 0.6) is 0 Å². The Morgan fingerprint density at radius 2 is 1.20 bits per heavy atom. The van der Waals surface area contributed by atoms with Gasteiger partial charge in [0.05, 0.1) is 0 Å². The van der Waals surface area contributed by atoms with E-state index < -0.39 is 0 Å². The van der Waals surface area contributed by atoms with Crippen molar-refractivity contribution in [1.82, 2.24) is 0 Å². The molecule has 0 rings (SSSR count). The summed E-state index contributed by atoms with van der Waals surface area (Å²) >= 11 is 0. The van der Waals surface area contributed by atoms with Crippen molar-refractivity contribution in [2.75, 3.05) is 13.1 Å². The van der Waals surface area contributed by atoms with Crippen molar-refractivity contribution in [2.45, 2.75) is 0 Å². The predicted molar refractivity (Wildman–Crippen MR) is 18.1 cm³/mol. The monoisotopic (exact) mass is 166 g/mol. The maximum Gasteiger partial charge on any atom is 2.00 e. The zero-order valence-electron chi connectivity index (χ0n) is 2.89. The van der Waals surface area contributed by atoms with E-state index in [1.54, 1.807) is 0 Å². The average molecular weight is 167 g/mol. The molecular formula is C2H8N2Pd+2. The van der Waals surface area contributed by atoms with Gasteiger partial charge < -0.3 is 11.5 Å². The van der Waals surface area contributed by atoms with Crippen molar-refractivity contribution in [1.29, 1.82) is 0 Å². The number of hydrogen-bond donors (Lipinski definition) is 2. The van der Waals surface area contributed by atoms with E-state index in [-0.39, 0.29) is 20.4 Å². The first kappa shape index (κ1) is 9.13. The van der Waals surface area contributed by atoms with Gasteiger partial charge in [0.15, 0.2) is 0 Å². The van der Waals surface area contributed by atoms with Crippen molar-refractivity contribution >= 4 is 0 Å². The summed E-state index contributed by atoms with van der Waals surface area (Å²) in [6.45, 7) is 1.19.